The molecule has 1 aliphatic rings. The second-order valence-electron chi connectivity index (χ2n) is 10.6. The molecule has 2 amide bonds. The Morgan fingerprint density at radius 3 is 2.32 bits per heavy atom. The van der Waals surface area contributed by atoms with E-state index in [4.69, 9.17) is 4.74 Å². The maximum atomic E-state index is 14.1. The summed E-state index contributed by atoms with van der Waals surface area (Å²) >= 11 is 0. The fourth-order valence-electron chi connectivity index (χ4n) is 5.07. The van der Waals surface area contributed by atoms with Gasteiger partial charge >= 0.3 is 0 Å². The number of hydrogen-bond acceptors (Lipinski definition) is 5. The molecule has 0 saturated heterocycles. The van der Waals surface area contributed by atoms with Crippen molar-refractivity contribution < 1.29 is 22.7 Å². The van der Waals surface area contributed by atoms with E-state index in [-0.39, 0.29) is 23.4 Å². The van der Waals surface area contributed by atoms with Gasteiger partial charge in [-0.2, -0.15) is 0 Å². The summed E-state index contributed by atoms with van der Waals surface area (Å²) < 4.78 is 34.3. The van der Waals surface area contributed by atoms with Gasteiger partial charge in [0, 0.05) is 12.6 Å². The Bertz CT molecular complexity index is 1470. The summed E-state index contributed by atoms with van der Waals surface area (Å²) in [6, 6.07) is 19.9. The third kappa shape index (κ3) is 7.27. The van der Waals surface area contributed by atoms with Crippen molar-refractivity contribution in [3.8, 4) is 5.75 Å². The highest BCUT2D eigenvalue weighted by Gasteiger charge is 2.33. The van der Waals surface area contributed by atoms with E-state index in [0.29, 0.717) is 11.4 Å². The van der Waals surface area contributed by atoms with Crippen molar-refractivity contribution in [2.75, 3.05) is 18.0 Å². The second-order valence-corrected chi connectivity index (χ2v) is 12.5. The highest BCUT2D eigenvalue weighted by molar-refractivity contribution is 7.92. The van der Waals surface area contributed by atoms with Crippen molar-refractivity contribution in [3.05, 3.63) is 89.5 Å². The Hall–Kier alpha value is -3.85. The number of carbonyl (C=O) groups is 2. The number of anilines is 1. The van der Waals surface area contributed by atoms with Gasteiger partial charge in [0.05, 0.1) is 17.7 Å². The minimum Gasteiger partial charge on any atom is -0.497 e. The zero-order valence-electron chi connectivity index (χ0n) is 24.2. The Kier molecular flexibility index (Phi) is 9.70. The van der Waals surface area contributed by atoms with Gasteiger partial charge in [0.1, 0.15) is 18.3 Å². The zero-order valence-corrected chi connectivity index (χ0v) is 25.0. The van der Waals surface area contributed by atoms with E-state index in [1.165, 1.54) is 17.0 Å². The summed E-state index contributed by atoms with van der Waals surface area (Å²) in [5.41, 5.74) is 3.06. The average molecular weight is 578 g/mol. The van der Waals surface area contributed by atoms with E-state index in [1.807, 2.05) is 38.1 Å². The largest absolute Gasteiger partial charge is 0.497 e. The number of rotatable bonds is 11. The van der Waals surface area contributed by atoms with Gasteiger partial charge in [-0.15, -0.1) is 0 Å². The van der Waals surface area contributed by atoms with E-state index in [9.17, 15) is 18.0 Å². The fraction of sp³-hybridized carbons (Fsp3) is 0.375. The Morgan fingerprint density at radius 2 is 1.66 bits per heavy atom. The van der Waals surface area contributed by atoms with Gasteiger partial charge in [0.15, 0.2) is 0 Å². The van der Waals surface area contributed by atoms with Crippen LogP contribution >= 0.6 is 0 Å². The van der Waals surface area contributed by atoms with Crippen molar-refractivity contribution >= 4 is 27.5 Å². The molecule has 1 atom stereocenters. The molecule has 0 bridgehead atoms. The lowest BCUT2D eigenvalue weighted by Crippen LogP contribution is -2.52. The molecule has 9 heteroatoms. The molecular weight excluding hydrogens is 538 g/mol. The smallest absolute Gasteiger partial charge is 0.264 e. The van der Waals surface area contributed by atoms with Gasteiger partial charge < -0.3 is 15.0 Å². The van der Waals surface area contributed by atoms with Crippen LogP contribution in [0.4, 0.5) is 5.69 Å². The quantitative estimate of drug-likeness (QED) is 0.347. The maximum absolute atomic E-state index is 14.1. The SMILES string of the molecule is COc1cccc(CN(C(=O)CN(c2ccc(C)c(C)c2)S(=O)(=O)c2ccccc2)C(C)C(=O)NC2CCCC2)c1. The van der Waals surface area contributed by atoms with Crippen molar-refractivity contribution in [3.63, 3.8) is 0 Å². The molecule has 8 nitrogen and oxygen atoms in total. The van der Waals surface area contributed by atoms with E-state index in [2.05, 4.69) is 5.32 Å². The number of nitrogens with one attached hydrogen (secondary N) is 1. The van der Waals surface area contributed by atoms with Gasteiger partial charge in [-0.25, -0.2) is 8.42 Å². The van der Waals surface area contributed by atoms with E-state index >= 15 is 0 Å². The molecule has 0 aliphatic heterocycles. The van der Waals surface area contributed by atoms with Crippen LogP contribution < -0.4 is 14.4 Å². The second kappa shape index (κ2) is 13.2. The molecule has 41 heavy (non-hydrogen) atoms. The van der Waals surface area contributed by atoms with Crippen LogP contribution in [0.5, 0.6) is 5.75 Å². The first kappa shape index (κ1) is 30.1. The summed E-state index contributed by atoms with van der Waals surface area (Å²) in [5, 5.41) is 3.09. The summed E-state index contributed by atoms with van der Waals surface area (Å²) in [6.45, 7) is 5.18. The van der Waals surface area contributed by atoms with Crippen molar-refractivity contribution in [1.29, 1.82) is 0 Å². The molecule has 1 aliphatic carbocycles. The van der Waals surface area contributed by atoms with Crippen LogP contribution in [0.3, 0.4) is 0 Å². The molecule has 1 unspecified atom stereocenters. The molecule has 0 radical (unpaired) electrons. The minimum absolute atomic E-state index is 0.0809. The van der Waals surface area contributed by atoms with Crippen LogP contribution in [-0.2, 0) is 26.2 Å². The molecule has 1 fully saturated rings. The number of aryl methyl sites for hydroxylation is 2. The van der Waals surface area contributed by atoms with Crippen LogP contribution in [0, 0.1) is 13.8 Å². The number of hydrogen-bond donors (Lipinski definition) is 1. The van der Waals surface area contributed by atoms with Crippen molar-refractivity contribution in [2.45, 2.75) is 70.0 Å². The molecule has 3 aromatic rings. The first-order chi connectivity index (χ1) is 19.6. The van der Waals surface area contributed by atoms with Crippen LogP contribution in [0.1, 0.15) is 49.3 Å². The third-order valence-electron chi connectivity index (χ3n) is 7.74. The minimum atomic E-state index is -4.10. The summed E-state index contributed by atoms with van der Waals surface area (Å²) in [7, 11) is -2.53. The number of nitrogens with zero attached hydrogens (tertiary/aromatic N) is 2. The fourth-order valence-corrected chi connectivity index (χ4v) is 6.50. The van der Waals surface area contributed by atoms with Crippen LogP contribution in [0.15, 0.2) is 77.7 Å². The van der Waals surface area contributed by atoms with Crippen LogP contribution in [0.25, 0.3) is 0 Å². The van der Waals surface area contributed by atoms with Gasteiger partial charge in [-0.3, -0.25) is 13.9 Å². The Balaban J connectivity index is 1.70. The topological polar surface area (TPSA) is 96.0 Å². The summed E-state index contributed by atoms with van der Waals surface area (Å²) in [5.74, 6) is -0.113. The van der Waals surface area contributed by atoms with Crippen molar-refractivity contribution in [1.82, 2.24) is 10.2 Å². The Labute approximate surface area is 243 Å². The van der Waals surface area contributed by atoms with Gasteiger partial charge in [0.2, 0.25) is 11.8 Å². The lowest BCUT2D eigenvalue weighted by Gasteiger charge is -2.32. The molecule has 4 rings (SSSR count). The predicted molar refractivity (Wildman–Crippen MR) is 160 cm³/mol. The van der Waals surface area contributed by atoms with Gasteiger partial charge in [-0.1, -0.05) is 49.2 Å². The first-order valence-corrected chi connectivity index (χ1v) is 15.4. The lowest BCUT2D eigenvalue weighted by atomic mass is 10.1. The monoisotopic (exact) mass is 577 g/mol. The van der Waals surface area contributed by atoms with Crippen LogP contribution in [0.2, 0.25) is 0 Å². The van der Waals surface area contributed by atoms with Gasteiger partial charge in [-0.05, 0) is 86.7 Å². The number of ether oxygens (including phenoxy) is 1. The lowest BCUT2D eigenvalue weighted by molar-refractivity contribution is -0.139. The molecule has 3 aromatic carbocycles. The van der Waals surface area contributed by atoms with Gasteiger partial charge in [0.25, 0.3) is 10.0 Å². The molecule has 0 heterocycles. The molecular formula is C32H39N3O5S. The number of carbonyl (C=O) groups excluding carboxylic acids is 2. The van der Waals surface area contributed by atoms with Crippen LogP contribution in [-0.4, -0.2) is 50.9 Å². The Morgan fingerprint density at radius 1 is 0.951 bits per heavy atom. The summed E-state index contributed by atoms with van der Waals surface area (Å²) in [4.78, 5) is 29.0. The zero-order chi connectivity index (χ0) is 29.6. The standard InChI is InChI=1S/C32H39N3O5S/c1-23-17-18-28(19-24(23)2)35(41(38,39)30-15-6-5-7-16-30)22-31(36)34(21-26-11-10-14-29(20-26)40-4)25(3)32(37)33-27-12-8-9-13-27/h5-7,10-11,14-20,25,27H,8-9,12-13,21-22H2,1-4H3,(H,33,37). The molecule has 0 aromatic heterocycles. The first-order valence-electron chi connectivity index (χ1n) is 14.0. The molecule has 218 valence electrons. The highest BCUT2D eigenvalue weighted by Crippen LogP contribution is 2.27. The maximum Gasteiger partial charge on any atom is 0.264 e. The number of sulfonamides is 1. The summed E-state index contributed by atoms with van der Waals surface area (Å²) in [6.07, 6.45) is 3.96. The molecule has 1 saturated carbocycles. The van der Waals surface area contributed by atoms with E-state index < -0.39 is 28.5 Å². The van der Waals surface area contributed by atoms with Crippen molar-refractivity contribution in [2.24, 2.45) is 0 Å². The normalized spacial score (nSPS) is 14.3. The van der Waals surface area contributed by atoms with E-state index in [1.54, 1.807) is 50.4 Å². The highest BCUT2D eigenvalue weighted by atomic mass is 32.2. The molecule has 0 spiro atoms. The average Bonchev–Trinajstić information content (AvgIpc) is 3.49. The number of benzene rings is 3. The molecule has 1 N–H and O–H groups in total. The number of amides is 2. The number of methoxy groups -OCH3 is 1. The van der Waals surface area contributed by atoms with E-state index in [0.717, 1.165) is 46.7 Å². The predicted octanol–water partition coefficient (Wildman–Crippen LogP) is 4.98. The third-order valence-corrected chi connectivity index (χ3v) is 9.53.